The molecule has 8 heteroatoms. The molecule has 2 aromatic heterocycles. The fourth-order valence-electron chi connectivity index (χ4n) is 3.44. The van der Waals surface area contributed by atoms with Crippen LogP contribution in [0.3, 0.4) is 0 Å². The second-order valence-electron chi connectivity index (χ2n) is 6.18. The monoisotopic (exact) mass is 378 g/mol. The zero-order chi connectivity index (χ0) is 17.7. The molecule has 25 heavy (non-hydrogen) atoms. The van der Waals surface area contributed by atoms with E-state index < -0.39 is 6.61 Å². The summed E-state index contributed by atoms with van der Waals surface area (Å²) >= 11 is 12.8. The van der Waals surface area contributed by atoms with Gasteiger partial charge in [0.1, 0.15) is 6.61 Å². The van der Waals surface area contributed by atoms with Crippen molar-refractivity contribution in [1.29, 1.82) is 0 Å². The van der Waals surface area contributed by atoms with Crippen LogP contribution in [0.2, 0.25) is 10.0 Å². The molecule has 3 heterocycles. The fourth-order valence-corrected chi connectivity index (χ4v) is 3.84. The van der Waals surface area contributed by atoms with Crippen LogP contribution in [0.5, 0.6) is 0 Å². The van der Waals surface area contributed by atoms with Crippen LogP contribution in [0, 0.1) is 0 Å². The molecule has 2 N–H and O–H groups in total. The molecule has 3 aromatic rings. The normalized spacial score (nSPS) is 14.2. The lowest BCUT2D eigenvalue weighted by Crippen LogP contribution is -2.37. The molecule has 1 aliphatic rings. The van der Waals surface area contributed by atoms with Gasteiger partial charge < -0.3 is 15.0 Å². The number of aromatic amines is 1. The summed E-state index contributed by atoms with van der Waals surface area (Å²) < 4.78 is 1.73. The third-order valence-electron chi connectivity index (χ3n) is 4.65. The largest absolute Gasteiger partial charge is 0.387 e. The number of hydrogen-bond acceptors (Lipinski definition) is 3. The van der Waals surface area contributed by atoms with Crippen molar-refractivity contribution in [3.8, 4) is 11.1 Å². The van der Waals surface area contributed by atoms with Gasteiger partial charge in [0.15, 0.2) is 0 Å². The Morgan fingerprint density at radius 1 is 1.44 bits per heavy atom. The van der Waals surface area contributed by atoms with E-state index in [0.29, 0.717) is 29.6 Å². The summed E-state index contributed by atoms with van der Waals surface area (Å²) in [6.45, 7) is 0.506. The molecule has 0 radical (unpaired) electrons. The van der Waals surface area contributed by atoms with E-state index in [1.807, 2.05) is 19.3 Å². The number of aliphatic hydroxyl groups is 1. The molecular formula is C17H16Cl2N4O2. The highest BCUT2D eigenvalue weighted by Gasteiger charge is 2.27. The number of aryl methyl sites for hydroxylation is 1. The van der Waals surface area contributed by atoms with E-state index in [-0.39, 0.29) is 5.91 Å². The third kappa shape index (κ3) is 2.61. The fraction of sp³-hybridized carbons (Fsp3) is 0.294. The number of nitrogens with one attached hydrogen (secondary N) is 1. The number of amides is 1. The zero-order valence-corrected chi connectivity index (χ0v) is 15.0. The van der Waals surface area contributed by atoms with Gasteiger partial charge >= 0.3 is 0 Å². The van der Waals surface area contributed by atoms with Crippen LogP contribution >= 0.6 is 23.2 Å². The summed E-state index contributed by atoms with van der Waals surface area (Å²) in [6, 6.07) is 1.84. The van der Waals surface area contributed by atoms with Crippen molar-refractivity contribution in [3.63, 3.8) is 0 Å². The Morgan fingerprint density at radius 2 is 2.24 bits per heavy atom. The summed E-state index contributed by atoms with van der Waals surface area (Å²) in [6.07, 6.45) is 4.37. The van der Waals surface area contributed by atoms with Crippen LogP contribution in [0.15, 0.2) is 18.5 Å². The minimum Gasteiger partial charge on any atom is -0.387 e. The quantitative estimate of drug-likeness (QED) is 0.719. The average molecular weight is 379 g/mol. The van der Waals surface area contributed by atoms with E-state index in [1.54, 1.807) is 15.8 Å². The topological polar surface area (TPSA) is 74.2 Å². The van der Waals surface area contributed by atoms with Crippen LogP contribution in [-0.2, 0) is 24.8 Å². The minimum atomic E-state index is -0.486. The average Bonchev–Trinajstić information content (AvgIpc) is 3.20. The van der Waals surface area contributed by atoms with Crippen LogP contribution in [-0.4, -0.2) is 43.8 Å². The number of fused-ring (bicyclic) bond motifs is 3. The SMILES string of the molecule is Cn1cc(-c2cc(Cl)c(Cl)c3[nH]c4c(c23)CN(C(=O)CO)CC4)cn1. The number of aromatic nitrogens is 3. The molecule has 0 saturated carbocycles. The molecule has 0 aliphatic carbocycles. The van der Waals surface area contributed by atoms with E-state index in [2.05, 4.69) is 10.1 Å². The van der Waals surface area contributed by atoms with Crippen LogP contribution in [0.4, 0.5) is 0 Å². The standard InChI is InChI=1S/C17H16Cl2N4O2/c1-22-6-9(5-20-22)10-4-12(18)16(19)17-15(10)11-7-23(14(25)8-24)3-2-13(11)21-17/h4-6,21,24H,2-3,7-8H2,1H3. The number of halogens is 2. The van der Waals surface area contributed by atoms with Crippen molar-refractivity contribution < 1.29 is 9.90 Å². The van der Waals surface area contributed by atoms with Gasteiger partial charge in [-0.3, -0.25) is 9.48 Å². The first kappa shape index (κ1) is 16.4. The maximum Gasteiger partial charge on any atom is 0.248 e. The van der Waals surface area contributed by atoms with Crippen molar-refractivity contribution in [3.05, 3.63) is 39.8 Å². The summed E-state index contributed by atoms with van der Waals surface area (Å²) in [5, 5.41) is 15.3. The van der Waals surface area contributed by atoms with E-state index in [0.717, 1.165) is 33.3 Å². The van der Waals surface area contributed by atoms with E-state index in [9.17, 15) is 4.79 Å². The van der Waals surface area contributed by atoms with Crippen molar-refractivity contribution in [2.45, 2.75) is 13.0 Å². The van der Waals surface area contributed by atoms with Crippen molar-refractivity contribution in [1.82, 2.24) is 19.7 Å². The highest BCUT2D eigenvalue weighted by molar-refractivity contribution is 6.45. The van der Waals surface area contributed by atoms with Crippen molar-refractivity contribution in [2.24, 2.45) is 7.05 Å². The molecule has 0 saturated heterocycles. The maximum absolute atomic E-state index is 11.9. The lowest BCUT2D eigenvalue weighted by Gasteiger charge is -2.26. The van der Waals surface area contributed by atoms with Crippen molar-refractivity contribution >= 4 is 40.0 Å². The van der Waals surface area contributed by atoms with Gasteiger partial charge in [0.05, 0.1) is 21.8 Å². The minimum absolute atomic E-state index is 0.275. The van der Waals surface area contributed by atoms with E-state index >= 15 is 0 Å². The number of benzene rings is 1. The van der Waals surface area contributed by atoms with Crippen molar-refractivity contribution in [2.75, 3.05) is 13.2 Å². The molecule has 130 valence electrons. The van der Waals surface area contributed by atoms with E-state index in [1.165, 1.54) is 0 Å². The first-order chi connectivity index (χ1) is 12.0. The Labute approximate surface area is 153 Å². The van der Waals surface area contributed by atoms with Gasteiger partial charge in [-0.2, -0.15) is 5.10 Å². The van der Waals surface area contributed by atoms with Crippen LogP contribution in [0.1, 0.15) is 11.3 Å². The number of H-pyrrole nitrogens is 1. The maximum atomic E-state index is 11.9. The molecule has 4 rings (SSSR count). The summed E-state index contributed by atoms with van der Waals surface area (Å²) in [5.41, 5.74) is 4.69. The molecule has 0 spiro atoms. The molecule has 0 unspecified atom stereocenters. The third-order valence-corrected chi connectivity index (χ3v) is 5.43. The molecule has 6 nitrogen and oxygen atoms in total. The Bertz CT molecular complexity index is 992. The van der Waals surface area contributed by atoms with Gasteiger partial charge in [-0.05, 0) is 11.6 Å². The van der Waals surface area contributed by atoms with Gasteiger partial charge in [-0.25, -0.2) is 0 Å². The first-order valence-electron chi connectivity index (χ1n) is 7.88. The smallest absolute Gasteiger partial charge is 0.248 e. The second-order valence-corrected chi connectivity index (χ2v) is 6.96. The predicted octanol–water partition coefficient (Wildman–Crippen LogP) is 2.75. The number of carbonyl (C=O) groups is 1. The zero-order valence-electron chi connectivity index (χ0n) is 13.5. The summed E-state index contributed by atoms with van der Waals surface area (Å²) in [4.78, 5) is 17.0. The van der Waals surface area contributed by atoms with Crippen LogP contribution in [0.25, 0.3) is 22.0 Å². The number of rotatable bonds is 2. The Balaban J connectivity index is 1.96. The lowest BCUT2D eigenvalue weighted by atomic mass is 9.98. The van der Waals surface area contributed by atoms with Gasteiger partial charge in [-0.15, -0.1) is 0 Å². The molecule has 1 aromatic carbocycles. The van der Waals surface area contributed by atoms with Gasteiger partial charge in [0, 0.05) is 55.0 Å². The number of nitrogens with zero attached hydrogens (tertiary/aromatic N) is 3. The molecule has 1 amide bonds. The Hall–Kier alpha value is -2.02. The van der Waals surface area contributed by atoms with Gasteiger partial charge in [-0.1, -0.05) is 23.2 Å². The second kappa shape index (κ2) is 6.05. The lowest BCUT2D eigenvalue weighted by molar-refractivity contribution is -0.135. The summed E-state index contributed by atoms with van der Waals surface area (Å²) in [5.74, 6) is -0.275. The molecular weight excluding hydrogens is 363 g/mol. The number of aliphatic hydroxyl groups excluding tert-OH is 1. The van der Waals surface area contributed by atoms with Gasteiger partial charge in [0.25, 0.3) is 0 Å². The predicted molar refractivity (Wildman–Crippen MR) is 96.7 cm³/mol. The highest BCUT2D eigenvalue weighted by Crippen LogP contribution is 2.42. The first-order valence-corrected chi connectivity index (χ1v) is 8.64. The number of hydrogen-bond donors (Lipinski definition) is 2. The summed E-state index contributed by atoms with van der Waals surface area (Å²) in [7, 11) is 1.85. The van der Waals surface area contributed by atoms with Crippen LogP contribution < -0.4 is 0 Å². The number of carbonyl (C=O) groups excluding carboxylic acids is 1. The molecule has 1 aliphatic heterocycles. The van der Waals surface area contributed by atoms with Gasteiger partial charge in [0.2, 0.25) is 5.91 Å². The molecule has 0 atom stereocenters. The van der Waals surface area contributed by atoms with E-state index in [4.69, 9.17) is 28.3 Å². The Kier molecular flexibility index (Phi) is 3.98. The molecule has 0 fully saturated rings. The Morgan fingerprint density at radius 3 is 2.92 bits per heavy atom. The molecule has 0 bridgehead atoms. The highest BCUT2D eigenvalue weighted by atomic mass is 35.5.